The van der Waals surface area contributed by atoms with Crippen LogP contribution < -0.4 is 10.6 Å². The van der Waals surface area contributed by atoms with Gasteiger partial charge in [0.1, 0.15) is 0 Å². The van der Waals surface area contributed by atoms with E-state index in [1.54, 1.807) is 11.3 Å². The van der Waals surface area contributed by atoms with Crippen molar-refractivity contribution in [2.45, 2.75) is 40.3 Å². The first-order chi connectivity index (χ1) is 14.5. The van der Waals surface area contributed by atoms with Crippen molar-refractivity contribution in [3.8, 4) is 11.1 Å². The van der Waals surface area contributed by atoms with E-state index in [9.17, 15) is 0 Å². The smallest absolute Gasteiger partial charge is 0.157 e. The number of aromatic nitrogens is 2. The van der Waals surface area contributed by atoms with Crippen LogP contribution in [0.2, 0.25) is 0 Å². The summed E-state index contributed by atoms with van der Waals surface area (Å²) in [4.78, 5) is 1.28. The van der Waals surface area contributed by atoms with Crippen molar-refractivity contribution in [2.24, 2.45) is 0 Å². The summed E-state index contributed by atoms with van der Waals surface area (Å²) < 4.78 is 0. The molecule has 4 rings (SSSR count). The molecule has 0 aliphatic rings. The highest BCUT2D eigenvalue weighted by molar-refractivity contribution is 7.10. The van der Waals surface area contributed by atoms with Crippen molar-refractivity contribution in [3.63, 3.8) is 0 Å². The van der Waals surface area contributed by atoms with Crippen molar-refractivity contribution < 1.29 is 0 Å². The zero-order valence-corrected chi connectivity index (χ0v) is 19.0. The number of nitrogens with one attached hydrogen (secondary N) is 2. The highest BCUT2D eigenvalue weighted by atomic mass is 32.1. The molecule has 4 aromatic rings. The quantitative estimate of drug-likeness (QED) is 0.394. The lowest BCUT2D eigenvalue weighted by atomic mass is 10.0. The van der Waals surface area contributed by atoms with Crippen molar-refractivity contribution in [1.82, 2.24) is 15.5 Å². The second-order valence-corrected chi connectivity index (χ2v) is 8.85. The Bertz CT molecular complexity index is 1200. The van der Waals surface area contributed by atoms with Crippen molar-refractivity contribution in [2.75, 3.05) is 12.4 Å². The third kappa shape index (κ3) is 3.95. The maximum Gasteiger partial charge on any atom is 0.157 e. The zero-order valence-electron chi connectivity index (χ0n) is 18.2. The molecule has 0 spiro atoms. The molecule has 0 aliphatic carbocycles. The maximum absolute atomic E-state index is 4.48. The van der Waals surface area contributed by atoms with Crippen molar-refractivity contribution in [1.29, 1.82) is 0 Å². The summed E-state index contributed by atoms with van der Waals surface area (Å²) in [5.74, 6) is 0.844. The number of fused-ring (bicyclic) bond motifs is 1. The van der Waals surface area contributed by atoms with Crippen LogP contribution in [0, 0.1) is 20.8 Å². The highest BCUT2D eigenvalue weighted by Crippen LogP contribution is 2.34. The van der Waals surface area contributed by atoms with Crippen LogP contribution in [0.4, 0.5) is 5.82 Å². The van der Waals surface area contributed by atoms with Gasteiger partial charge in [-0.15, -0.1) is 16.4 Å². The number of rotatable bonds is 6. The topological polar surface area (TPSA) is 49.8 Å². The summed E-state index contributed by atoms with van der Waals surface area (Å²) in [7, 11) is 1.98. The Morgan fingerprint density at radius 3 is 2.47 bits per heavy atom. The Morgan fingerprint density at radius 1 is 0.967 bits per heavy atom. The molecule has 1 atom stereocenters. The first-order valence-corrected chi connectivity index (χ1v) is 11.2. The molecule has 5 heteroatoms. The van der Waals surface area contributed by atoms with E-state index in [-0.39, 0.29) is 6.04 Å². The molecule has 2 aromatic heterocycles. The molecule has 0 unspecified atom stereocenters. The lowest BCUT2D eigenvalue weighted by Crippen LogP contribution is -2.08. The van der Waals surface area contributed by atoms with E-state index < -0.39 is 0 Å². The van der Waals surface area contributed by atoms with Gasteiger partial charge in [-0.25, -0.2) is 0 Å². The zero-order chi connectivity index (χ0) is 21.3. The van der Waals surface area contributed by atoms with Gasteiger partial charge in [-0.1, -0.05) is 24.3 Å². The van der Waals surface area contributed by atoms with E-state index in [0.717, 1.165) is 28.8 Å². The standard InChI is InChI=1S/C25H28N4S/c1-15-10-22-17(3)28-29-25(23(22)11-16(15)2)27-18(4)24-12-20(14-30-24)21-9-7-6-8-19(21)13-26-5/h6-12,14,18,26H,13H2,1-5H3,(H,27,29)/t18-/m1/s1. The van der Waals surface area contributed by atoms with E-state index in [1.807, 2.05) is 14.0 Å². The minimum absolute atomic E-state index is 0.141. The largest absolute Gasteiger partial charge is 0.361 e. The average molecular weight is 417 g/mol. The van der Waals surface area contributed by atoms with Gasteiger partial charge >= 0.3 is 0 Å². The lowest BCUT2D eigenvalue weighted by molar-refractivity contribution is 0.819. The number of benzene rings is 2. The Hall–Kier alpha value is -2.76. The van der Waals surface area contributed by atoms with Gasteiger partial charge in [0.15, 0.2) is 5.82 Å². The molecule has 2 heterocycles. The van der Waals surface area contributed by atoms with Gasteiger partial charge in [0.2, 0.25) is 0 Å². The fourth-order valence-corrected chi connectivity index (χ4v) is 4.71. The fourth-order valence-electron chi connectivity index (χ4n) is 3.79. The predicted octanol–water partition coefficient (Wildman–Crippen LogP) is 6.18. The first kappa shape index (κ1) is 20.5. The molecular formula is C25H28N4S. The van der Waals surface area contributed by atoms with Gasteiger partial charge in [0.05, 0.1) is 11.7 Å². The number of aryl methyl sites for hydroxylation is 3. The Labute approximate surface area is 182 Å². The molecule has 0 aliphatic heterocycles. The van der Waals surface area contributed by atoms with E-state index in [2.05, 4.69) is 89.4 Å². The minimum Gasteiger partial charge on any atom is -0.361 e. The molecule has 0 bridgehead atoms. The predicted molar refractivity (Wildman–Crippen MR) is 128 cm³/mol. The summed E-state index contributed by atoms with van der Waals surface area (Å²) >= 11 is 1.78. The molecule has 154 valence electrons. The van der Waals surface area contributed by atoms with Gasteiger partial charge in [-0.3, -0.25) is 0 Å². The van der Waals surface area contributed by atoms with Crippen LogP contribution >= 0.6 is 11.3 Å². The van der Waals surface area contributed by atoms with Gasteiger partial charge in [-0.05, 0) is 86.1 Å². The van der Waals surface area contributed by atoms with Gasteiger partial charge in [0.25, 0.3) is 0 Å². The van der Waals surface area contributed by atoms with Crippen LogP contribution in [0.15, 0.2) is 47.8 Å². The van der Waals surface area contributed by atoms with Crippen molar-refractivity contribution in [3.05, 3.63) is 75.1 Å². The first-order valence-electron chi connectivity index (χ1n) is 10.3. The SMILES string of the molecule is CNCc1ccccc1-c1csc([C@@H](C)Nc2nnc(C)c3cc(C)c(C)cc23)c1. The summed E-state index contributed by atoms with van der Waals surface area (Å²) in [6.07, 6.45) is 0. The van der Waals surface area contributed by atoms with E-state index >= 15 is 0 Å². The molecule has 0 saturated carbocycles. The molecular weight excluding hydrogens is 388 g/mol. The molecule has 30 heavy (non-hydrogen) atoms. The molecule has 0 saturated heterocycles. The molecule has 0 radical (unpaired) electrons. The van der Waals surface area contributed by atoms with Gasteiger partial charge < -0.3 is 10.6 Å². The van der Waals surface area contributed by atoms with Crippen molar-refractivity contribution >= 4 is 27.9 Å². The number of nitrogens with zero attached hydrogens (tertiary/aromatic N) is 2. The van der Waals surface area contributed by atoms with Crippen LogP contribution in [0.25, 0.3) is 21.9 Å². The lowest BCUT2D eigenvalue weighted by Gasteiger charge is -2.16. The van der Waals surface area contributed by atoms with Crippen LogP contribution in [0.5, 0.6) is 0 Å². The highest BCUT2D eigenvalue weighted by Gasteiger charge is 2.15. The molecule has 4 nitrogen and oxygen atoms in total. The maximum atomic E-state index is 4.48. The minimum atomic E-state index is 0.141. The fraction of sp³-hybridized carbons (Fsp3) is 0.280. The second kappa shape index (κ2) is 8.54. The number of anilines is 1. The molecule has 2 N–H and O–H groups in total. The number of thiophene rings is 1. The molecule has 0 fully saturated rings. The van der Waals surface area contributed by atoms with E-state index in [0.29, 0.717) is 0 Å². The van der Waals surface area contributed by atoms with Gasteiger partial charge in [-0.2, -0.15) is 5.10 Å². The summed E-state index contributed by atoms with van der Waals surface area (Å²) in [5.41, 5.74) is 7.37. The number of hydrogen-bond acceptors (Lipinski definition) is 5. The Morgan fingerprint density at radius 2 is 1.70 bits per heavy atom. The second-order valence-electron chi connectivity index (χ2n) is 7.91. The molecule has 0 amide bonds. The summed E-state index contributed by atoms with van der Waals surface area (Å²) in [6, 6.07) is 15.4. The third-order valence-electron chi connectivity index (χ3n) is 5.67. The van der Waals surface area contributed by atoms with E-state index in [4.69, 9.17) is 0 Å². The third-order valence-corrected chi connectivity index (χ3v) is 6.79. The Kier molecular flexibility index (Phi) is 5.84. The van der Waals surface area contributed by atoms with Crippen LogP contribution in [-0.4, -0.2) is 17.2 Å². The van der Waals surface area contributed by atoms with Gasteiger partial charge in [0, 0.05) is 22.2 Å². The Balaban J connectivity index is 1.64. The summed E-state index contributed by atoms with van der Waals surface area (Å²) in [5, 5.41) is 20.3. The summed E-state index contributed by atoms with van der Waals surface area (Å²) in [6.45, 7) is 9.35. The number of hydrogen-bond donors (Lipinski definition) is 2. The monoisotopic (exact) mass is 416 g/mol. The average Bonchev–Trinajstić information content (AvgIpc) is 3.22. The van der Waals surface area contributed by atoms with Crippen LogP contribution in [0.3, 0.4) is 0 Å². The molecule has 2 aromatic carbocycles. The van der Waals surface area contributed by atoms with E-state index in [1.165, 1.54) is 32.7 Å². The normalized spacial score (nSPS) is 12.3. The van der Waals surface area contributed by atoms with Crippen LogP contribution in [-0.2, 0) is 6.54 Å². The van der Waals surface area contributed by atoms with Crippen LogP contribution in [0.1, 0.15) is 40.2 Å².